The van der Waals surface area contributed by atoms with Gasteiger partial charge in [0, 0.05) is 17.3 Å². The third-order valence-corrected chi connectivity index (χ3v) is 1.97. The van der Waals surface area contributed by atoms with Crippen molar-refractivity contribution in [2.24, 2.45) is 0 Å². The second-order valence-electron chi connectivity index (χ2n) is 3.42. The monoisotopic (exact) mass is 179 g/mol. The fourth-order valence-electron chi connectivity index (χ4n) is 1.12. The number of aromatic amines is 1. The van der Waals surface area contributed by atoms with Gasteiger partial charge in [-0.15, -0.1) is 0 Å². The summed E-state index contributed by atoms with van der Waals surface area (Å²) in [6, 6.07) is 1.38. The van der Waals surface area contributed by atoms with E-state index in [1.165, 1.54) is 12.3 Å². The molecule has 0 fully saturated rings. The number of rotatable bonds is 1. The summed E-state index contributed by atoms with van der Waals surface area (Å²) in [5.41, 5.74) is 0.817. The predicted molar refractivity (Wildman–Crippen MR) is 52.2 cm³/mol. The largest absolute Gasteiger partial charge is 0.328 e. The molecule has 3 nitrogen and oxygen atoms in total. The van der Waals surface area contributed by atoms with Crippen LogP contribution in [0.3, 0.4) is 0 Å². The van der Waals surface area contributed by atoms with Gasteiger partial charge in [0.25, 0.3) is 5.56 Å². The van der Waals surface area contributed by atoms with Gasteiger partial charge in [-0.3, -0.25) is 9.59 Å². The average molecular weight is 179 g/mol. The van der Waals surface area contributed by atoms with Crippen LogP contribution in [0.25, 0.3) is 0 Å². The molecule has 1 aromatic heterocycles. The molecular formula is C10H13NO2. The molecule has 1 rings (SSSR count). The predicted octanol–water partition coefficient (Wildman–Crippen LogP) is 1.17. The smallest absolute Gasteiger partial charge is 0.250 e. The van der Waals surface area contributed by atoms with Crippen molar-refractivity contribution < 1.29 is 0 Å². The summed E-state index contributed by atoms with van der Waals surface area (Å²) in [7, 11) is 0. The summed E-state index contributed by atoms with van der Waals surface area (Å²) in [6.07, 6.45) is 1.50. The van der Waals surface area contributed by atoms with Gasteiger partial charge in [-0.25, -0.2) is 0 Å². The normalized spacial score (nSPS) is 10.5. The summed E-state index contributed by atoms with van der Waals surface area (Å²) < 4.78 is 0. The number of nitrogens with one attached hydrogen (secondary N) is 1. The summed E-state index contributed by atoms with van der Waals surface area (Å²) in [5.74, 6) is 0.134. The highest BCUT2D eigenvalue weighted by molar-refractivity contribution is 5.17. The van der Waals surface area contributed by atoms with Crippen LogP contribution < -0.4 is 11.0 Å². The first-order chi connectivity index (χ1) is 6.02. The van der Waals surface area contributed by atoms with Gasteiger partial charge < -0.3 is 4.98 Å². The molecule has 0 saturated carbocycles. The van der Waals surface area contributed by atoms with Crippen molar-refractivity contribution in [3.05, 3.63) is 44.0 Å². The molecule has 0 aliphatic carbocycles. The maximum atomic E-state index is 11.5. The van der Waals surface area contributed by atoms with Crippen LogP contribution in [0.2, 0.25) is 0 Å². The van der Waals surface area contributed by atoms with Gasteiger partial charge >= 0.3 is 0 Å². The Labute approximate surface area is 76.4 Å². The fourth-order valence-corrected chi connectivity index (χ4v) is 1.12. The van der Waals surface area contributed by atoms with Crippen LogP contribution in [-0.4, -0.2) is 4.98 Å². The van der Waals surface area contributed by atoms with Crippen molar-refractivity contribution >= 4 is 0 Å². The standard InChI is InChI=1S/C10H13NO2/c1-6(2)8-5-11-10(13)7(3)4-9(8)12/h4-6H,1-3H3,(H,11,13). The molecule has 1 N–H and O–H groups in total. The van der Waals surface area contributed by atoms with Crippen LogP contribution in [0.1, 0.15) is 30.9 Å². The lowest BCUT2D eigenvalue weighted by Crippen LogP contribution is -2.06. The van der Waals surface area contributed by atoms with E-state index in [9.17, 15) is 9.59 Å². The first-order valence-corrected chi connectivity index (χ1v) is 4.26. The van der Waals surface area contributed by atoms with Crippen LogP contribution in [0.4, 0.5) is 0 Å². The van der Waals surface area contributed by atoms with E-state index in [0.717, 1.165) is 0 Å². The molecule has 0 bridgehead atoms. The SMILES string of the molecule is Cc1cc(=O)c(C(C)C)c[nH]c1=O. The molecule has 0 aliphatic rings. The fraction of sp³-hybridized carbons (Fsp3) is 0.400. The Kier molecular flexibility index (Phi) is 2.66. The van der Waals surface area contributed by atoms with Gasteiger partial charge in [0.1, 0.15) is 0 Å². The minimum absolute atomic E-state index is 0.0779. The molecule has 0 aliphatic heterocycles. The van der Waals surface area contributed by atoms with E-state index in [1.54, 1.807) is 6.92 Å². The van der Waals surface area contributed by atoms with E-state index in [-0.39, 0.29) is 16.9 Å². The van der Waals surface area contributed by atoms with Gasteiger partial charge in [-0.1, -0.05) is 13.8 Å². The molecule has 0 amide bonds. The molecule has 3 heteroatoms. The second-order valence-corrected chi connectivity index (χ2v) is 3.42. The Balaban J connectivity index is 3.55. The van der Waals surface area contributed by atoms with Crippen LogP contribution in [0, 0.1) is 6.92 Å². The Morgan fingerprint density at radius 3 is 2.46 bits per heavy atom. The number of aromatic nitrogens is 1. The summed E-state index contributed by atoms with van der Waals surface area (Å²) in [6.45, 7) is 5.47. The lowest BCUT2D eigenvalue weighted by molar-refractivity contribution is 0.853. The highest BCUT2D eigenvalue weighted by atomic mass is 16.1. The lowest BCUT2D eigenvalue weighted by Gasteiger charge is -1.97. The van der Waals surface area contributed by atoms with Gasteiger partial charge in [-0.2, -0.15) is 0 Å². The van der Waals surface area contributed by atoms with Crippen LogP contribution in [-0.2, 0) is 0 Å². The Morgan fingerprint density at radius 1 is 1.31 bits per heavy atom. The Hall–Kier alpha value is -1.38. The van der Waals surface area contributed by atoms with Crippen LogP contribution in [0.5, 0.6) is 0 Å². The third-order valence-electron chi connectivity index (χ3n) is 1.97. The molecule has 70 valence electrons. The highest BCUT2D eigenvalue weighted by Gasteiger charge is 2.03. The Morgan fingerprint density at radius 2 is 1.92 bits per heavy atom. The quantitative estimate of drug-likeness (QED) is 0.703. The van der Waals surface area contributed by atoms with Crippen molar-refractivity contribution in [2.45, 2.75) is 26.7 Å². The van der Waals surface area contributed by atoms with Crippen LogP contribution >= 0.6 is 0 Å². The first-order valence-electron chi connectivity index (χ1n) is 4.26. The van der Waals surface area contributed by atoms with Crippen molar-refractivity contribution in [3.8, 4) is 0 Å². The van der Waals surface area contributed by atoms with Gasteiger partial charge in [0.2, 0.25) is 0 Å². The molecular weight excluding hydrogens is 166 g/mol. The number of hydrogen-bond donors (Lipinski definition) is 1. The van der Waals surface area contributed by atoms with E-state index in [2.05, 4.69) is 4.98 Å². The maximum absolute atomic E-state index is 11.5. The molecule has 0 radical (unpaired) electrons. The van der Waals surface area contributed by atoms with Crippen molar-refractivity contribution in [1.82, 2.24) is 4.98 Å². The molecule has 1 heterocycles. The maximum Gasteiger partial charge on any atom is 0.250 e. The van der Waals surface area contributed by atoms with E-state index >= 15 is 0 Å². The summed E-state index contributed by atoms with van der Waals surface area (Å²) in [4.78, 5) is 25.2. The minimum atomic E-state index is -0.205. The van der Waals surface area contributed by atoms with E-state index in [1.807, 2.05) is 13.8 Å². The van der Waals surface area contributed by atoms with Crippen LogP contribution in [0.15, 0.2) is 21.9 Å². The molecule has 0 unspecified atom stereocenters. The summed E-state index contributed by atoms with van der Waals surface area (Å²) >= 11 is 0. The summed E-state index contributed by atoms with van der Waals surface area (Å²) in [5, 5.41) is 0. The third kappa shape index (κ3) is 2.05. The van der Waals surface area contributed by atoms with Crippen molar-refractivity contribution in [1.29, 1.82) is 0 Å². The molecule has 0 saturated heterocycles. The number of aryl methyl sites for hydroxylation is 1. The zero-order chi connectivity index (χ0) is 10.0. The highest BCUT2D eigenvalue weighted by Crippen LogP contribution is 2.05. The lowest BCUT2D eigenvalue weighted by atomic mass is 10.1. The van der Waals surface area contributed by atoms with E-state index < -0.39 is 0 Å². The van der Waals surface area contributed by atoms with E-state index in [4.69, 9.17) is 0 Å². The number of hydrogen-bond acceptors (Lipinski definition) is 2. The zero-order valence-corrected chi connectivity index (χ0v) is 8.05. The van der Waals surface area contributed by atoms with Crippen molar-refractivity contribution in [3.63, 3.8) is 0 Å². The minimum Gasteiger partial charge on any atom is -0.328 e. The van der Waals surface area contributed by atoms with Crippen molar-refractivity contribution in [2.75, 3.05) is 0 Å². The Bertz CT molecular complexity index is 418. The number of H-pyrrole nitrogens is 1. The molecule has 0 atom stereocenters. The zero-order valence-electron chi connectivity index (χ0n) is 8.05. The average Bonchev–Trinajstić information content (AvgIpc) is 2.13. The molecule has 0 aromatic carbocycles. The molecule has 13 heavy (non-hydrogen) atoms. The topological polar surface area (TPSA) is 49.9 Å². The molecule has 1 aromatic rings. The second kappa shape index (κ2) is 3.56. The first kappa shape index (κ1) is 9.71. The van der Waals surface area contributed by atoms with Gasteiger partial charge in [-0.05, 0) is 18.9 Å². The van der Waals surface area contributed by atoms with E-state index in [0.29, 0.717) is 11.1 Å². The van der Waals surface area contributed by atoms with Gasteiger partial charge in [0.05, 0.1) is 0 Å². The van der Waals surface area contributed by atoms with Gasteiger partial charge in [0.15, 0.2) is 5.43 Å². The molecule has 0 spiro atoms.